The molecular weight excluding hydrogens is 236 g/mol. The third kappa shape index (κ3) is 1.53. The fraction of sp³-hybridized carbons (Fsp3) is 0.812. The summed E-state index contributed by atoms with van der Waals surface area (Å²) in [6.45, 7) is 0. The molecule has 3 nitrogen and oxygen atoms in total. The summed E-state index contributed by atoms with van der Waals surface area (Å²) >= 11 is 0. The molecule has 0 aromatic rings. The average Bonchev–Trinajstić information content (AvgIpc) is 3.13. The number of rotatable bonds is 2. The van der Waals surface area contributed by atoms with Gasteiger partial charge in [-0.2, -0.15) is 5.32 Å². The maximum atomic E-state index is 12.2. The molecule has 3 heteroatoms. The van der Waals surface area contributed by atoms with Gasteiger partial charge in [-0.15, -0.1) is 0 Å². The van der Waals surface area contributed by atoms with Crippen LogP contribution in [0, 0.1) is 29.6 Å². The lowest BCUT2D eigenvalue weighted by Gasteiger charge is -2.55. The van der Waals surface area contributed by atoms with Crippen molar-refractivity contribution in [2.75, 3.05) is 0 Å². The topological polar surface area (TPSA) is 34.4 Å². The van der Waals surface area contributed by atoms with Crippen LogP contribution in [0.1, 0.15) is 44.9 Å². The molecule has 0 aromatic carbocycles. The summed E-state index contributed by atoms with van der Waals surface area (Å²) in [4.78, 5) is 14.3. The van der Waals surface area contributed by atoms with Crippen LogP contribution in [-0.2, 0) is 0 Å². The van der Waals surface area contributed by atoms with E-state index in [1.807, 2.05) is 4.90 Å². The van der Waals surface area contributed by atoms with Gasteiger partial charge in [0.1, 0.15) is 0 Å². The van der Waals surface area contributed by atoms with Crippen molar-refractivity contribution in [3.05, 3.63) is 11.9 Å². The molecule has 0 atom stereocenters. The van der Waals surface area contributed by atoms with Crippen molar-refractivity contribution >= 4 is 6.03 Å². The minimum absolute atomic E-state index is 0.0411. The van der Waals surface area contributed by atoms with Crippen LogP contribution in [0.2, 0.25) is 0 Å². The summed E-state index contributed by atoms with van der Waals surface area (Å²) in [5.41, 5.74) is 1.08. The maximum absolute atomic E-state index is 12.2. The highest BCUT2D eigenvalue weighted by Gasteiger charge is 2.52. The summed E-state index contributed by atoms with van der Waals surface area (Å²) in [6.07, 6.45) is 11.5. The number of allylic oxidation sites excluding steroid dienone is 1. The van der Waals surface area contributed by atoms with Gasteiger partial charge in [-0.1, -0.05) is 0 Å². The molecule has 1 radical (unpaired) electrons. The monoisotopic (exact) mass is 257 g/mol. The molecule has 0 unspecified atom stereocenters. The van der Waals surface area contributed by atoms with Crippen LogP contribution in [0.4, 0.5) is 4.79 Å². The second-order valence-corrected chi connectivity index (χ2v) is 7.55. The molecule has 101 valence electrons. The van der Waals surface area contributed by atoms with Crippen LogP contribution >= 0.6 is 0 Å². The summed E-state index contributed by atoms with van der Waals surface area (Å²) in [7, 11) is 0. The molecule has 6 rings (SSSR count). The lowest BCUT2D eigenvalue weighted by Crippen LogP contribution is -2.55. The Kier molecular flexibility index (Phi) is 2.01. The first-order valence-electron chi connectivity index (χ1n) is 8.03. The van der Waals surface area contributed by atoms with Gasteiger partial charge in [0.15, 0.2) is 0 Å². The Balaban J connectivity index is 1.45. The minimum atomic E-state index is 0.0411. The van der Waals surface area contributed by atoms with Crippen LogP contribution in [0.5, 0.6) is 0 Å². The van der Waals surface area contributed by atoms with Gasteiger partial charge in [0.05, 0.1) is 5.70 Å². The SMILES string of the molecule is O=C1[N]C(C2CC2)=CN1C1C2CC3CC(C2)CC1C3. The molecule has 5 saturated carbocycles. The molecule has 19 heavy (non-hydrogen) atoms. The lowest BCUT2D eigenvalue weighted by atomic mass is 9.54. The minimum Gasteiger partial charge on any atom is -0.294 e. The number of urea groups is 1. The highest BCUT2D eigenvalue weighted by atomic mass is 16.2. The van der Waals surface area contributed by atoms with Gasteiger partial charge in [-0.05, 0) is 68.6 Å². The predicted octanol–water partition coefficient (Wildman–Crippen LogP) is 3.10. The molecule has 6 aliphatic rings. The lowest BCUT2D eigenvalue weighted by molar-refractivity contribution is -0.0382. The first kappa shape index (κ1) is 10.8. The van der Waals surface area contributed by atoms with E-state index >= 15 is 0 Å². The van der Waals surface area contributed by atoms with E-state index in [0.29, 0.717) is 12.0 Å². The van der Waals surface area contributed by atoms with Crippen LogP contribution in [0.25, 0.3) is 0 Å². The molecule has 2 amide bonds. The van der Waals surface area contributed by atoms with E-state index in [1.165, 1.54) is 44.9 Å². The zero-order valence-electron chi connectivity index (χ0n) is 11.3. The van der Waals surface area contributed by atoms with Crippen LogP contribution in [0.15, 0.2) is 11.9 Å². The van der Waals surface area contributed by atoms with Crippen molar-refractivity contribution in [2.45, 2.75) is 51.0 Å². The molecule has 0 aromatic heterocycles. The van der Waals surface area contributed by atoms with Crippen molar-refractivity contribution in [1.29, 1.82) is 0 Å². The number of nitrogens with zero attached hydrogens (tertiary/aromatic N) is 2. The van der Waals surface area contributed by atoms with Gasteiger partial charge < -0.3 is 0 Å². The third-order valence-electron chi connectivity index (χ3n) is 6.21. The molecule has 0 spiro atoms. The van der Waals surface area contributed by atoms with Crippen molar-refractivity contribution in [2.24, 2.45) is 29.6 Å². The Morgan fingerprint density at radius 2 is 1.63 bits per heavy atom. The normalized spacial score (nSPS) is 47.6. The third-order valence-corrected chi connectivity index (χ3v) is 6.21. The number of hydrogen-bond acceptors (Lipinski definition) is 1. The second-order valence-electron chi connectivity index (χ2n) is 7.55. The van der Waals surface area contributed by atoms with Crippen LogP contribution in [-0.4, -0.2) is 17.0 Å². The highest BCUT2D eigenvalue weighted by molar-refractivity contribution is 5.80. The van der Waals surface area contributed by atoms with Crippen molar-refractivity contribution in [3.63, 3.8) is 0 Å². The summed E-state index contributed by atoms with van der Waals surface area (Å²) in [5, 5.41) is 4.31. The van der Waals surface area contributed by atoms with Crippen molar-refractivity contribution < 1.29 is 4.79 Å². The van der Waals surface area contributed by atoms with Gasteiger partial charge in [-0.25, -0.2) is 4.79 Å². The Morgan fingerprint density at radius 3 is 2.21 bits per heavy atom. The average molecular weight is 257 g/mol. The van der Waals surface area contributed by atoms with Gasteiger partial charge >= 0.3 is 6.03 Å². The first-order valence-corrected chi connectivity index (χ1v) is 8.03. The second kappa shape index (κ2) is 3.56. The molecule has 5 aliphatic carbocycles. The fourth-order valence-corrected chi connectivity index (χ4v) is 5.53. The molecule has 5 fully saturated rings. The molecule has 4 bridgehead atoms. The molecule has 0 N–H and O–H groups in total. The maximum Gasteiger partial charge on any atom is 0.348 e. The smallest absolute Gasteiger partial charge is 0.294 e. The highest BCUT2D eigenvalue weighted by Crippen LogP contribution is 2.55. The van der Waals surface area contributed by atoms with Gasteiger partial charge in [0, 0.05) is 18.2 Å². The quantitative estimate of drug-likeness (QED) is 0.748. The Bertz CT molecular complexity index is 437. The van der Waals surface area contributed by atoms with E-state index in [-0.39, 0.29) is 6.03 Å². The molecular formula is C16H21N2O. The summed E-state index contributed by atoms with van der Waals surface area (Å²) in [5.74, 6) is 4.08. The van der Waals surface area contributed by atoms with Crippen molar-refractivity contribution in [3.8, 4) is 0 Å². The largest absolute Gasteiger partial charge is 0.348 e. The van der Waals surface area contributed by atoms with Gasteiger partial charge in [0.25, 0.3) is 0 Å². The Morgan fingerprint density at radius 1 is 1.00 bits per heavy atom. The van der Waals surface area contributed by atoms with Gasteiger partial charge in [-0.3, -0.25) is 4.90 Å². The summed E-state index contributed by atoms with van der Waals surface area (Å²) < 4.78 is 0. The predicted molar refractivity (Wildman–Crippen MR) is 71.0 cm³/mol. The van der Waals surface area contributed by atoms with E-state index < -0.39 is 0 Å². The zero-order valence-corrected chi connectivity index (χ0v) is 11.3. The fourth-order valence-electron chi connectivity index (χ4n) is 5.53. The first-order chi connectivity index (χ1) is 9.28. The Hall–Kier alpha value is -0.990. The zero-order chi connectivity index (χ0) is 12.6. The Labute approximate surface area is 114 Å². The van der Waals surface area contributed by atoms with E-state index in [2.05, 4.69) is 11.5 Å². The van der Waals surface area contributed by atoms with E-state index in [1.54, 1.807) is 0 Å². The number of carbonyl (C=O) groups excluding carboxylic acids is 1. The molecule has 1 aliphatic heterocycles. The van der Waals surface area contributed by atoms with E-state index in [0.717, 1.165) is 29.4 Å². The molecule has 0 saturated heterocycles. The van der Waals surface area contributed by atoms with Gasteiger partial charge in [0.2, 0.25) is 0 Å². The van der Waals surface area contributed by atoms with Crippen molar-refractivity contribution in [1.82, 2.24) is 10.2 Å². The van der Waals surface area contributed by atoms with E-state index in [4.69, 9.17) is 0 Å². The number of carbonyl (C=O) groups is 1. The van der Waals surface area contributed by atoms with Crippen LogP contribution < -0.4 is 5.32 Å². The molecule has 1 heterocycles. The number of hydrogen-bond donors (Lipinski definition) is 0. The standard InChI is InChI=1S/C16H21N2O/c19-16-17-14(11-1-2-11)8-18(16)15-12-4-9-3-10(6-12)7-13(15)5-9/h8-13,15H,1-7H2. The summed E-state index contributed by atoms with van der Waals surface area (Å²) in [6, 6.07) is 0.527. The van der Waals surface area contributed by atoms with Crippen LogP contribution in [0.3, 0.4) is 0 Å². The number of amides is 2. The van der Waals surface area contributed by atoms with E-state index in [9.17, 15) is 4.79 Å².